The van der Waals surface area contributed by atoms with Crippen LogP contribution < -0.4 is 5.32 Å². The summed E-state index contributed by atoms with van der Waals surface area (Å²) in [6, 6.07) is 1.41. The zero-order valence-electron chi connectivity index (χ0n) is 14.2. The first kappa shape index (κ1) is 19.8. The highest BCUT2D eigenvalue weighted by molar-refractivity contribution is 6.02. The lowest BCUT2D eigenvalue weighted by Crippen LogP contribution is -2.57. The number of nitrogens with one attached hydrogen (secondary N) is 1. The quantitative estimate of drug-likeness (QED) is 0.421. The van der Waals surface area contributed by atoms with Crippen LogP contribution in [0, 0.1) is 20.2 Å². The number of nitrogens with zero attached hydrogens (tertiary/aromatic N) is 3. The average molecular weight is 380 g/mol. The summed E-state index contributed by atoms with van der Waals surface area (Å²) in [5, 5.41) is 24.6. The highest BCUT2D eigenvalue weighted by Crippen LogP contribution is 2.27. The van der Waals surface area contributed by atoms with Gasteiger partial charge in [0.15, 0.2) is 0 Å². The molecule has 27 heavy (non-hydrogen) atoms. The molecular formula is C15H16N4O8. The monoisotopic (exact) mass is 380 g/mol. The van der Waals surface area contributed by atoms with Crippen molar-refractivity contribution in [2.75, 3.05) is 19.7 Å². The van der Waals surface area contributed by atoms with Crippen LogP contribution >= 0.6 is 0 Å². The zero-order valence-corrected chi connectivity index (χ0v) is 14.2. The van der Waals surface area contributed by atoms with E-state index in [1.807, 2.05) is 0 Å². The summed E-state index contributed by atoms with van der Waals surface area (Å²) >= 11 is 0. The van der Waals surface area contributed by atoms with Crippen LogP contribution in [0.15, 0.2) is 18.2 Å². The molecule has 1 N–H and O–H groups in total. The predicted octanol–water partition coefficient (Wildman–Crippen LogP) is 0.397. The van der Waals surface area contributed by atoms with Crippen molar-refractivity contribution >= 4 is 29.2 Å². The van der Waals surface area contributed by atoms with Crippen LogP contribution in [-0.2, 0) is 14.3 Å². The van der Waals surface area contributed by atoms with Crippen molar-refractivity contribution in [2.24, 2.45) is 0 Å². The molecule has 144 valence electrons. The molecule has 1 heterocycles. The Balaban J connectivity index is 2.38. The third-order valence-corrected chi connectivity index (χ3v) is 3.88. The molecule has 1 aromatic rings. The number of rotatable bonds is 6. The lowest BCUT2D eigenvalue weighted by atomic mass is 10.0. The van der Waals surface area contributed by atoms with Crippen molar-refractivity contribution in [1.82, 2.24) is 10.2 Å². The Morgan fingerprint density at radius 2 is 2.00 bits per heavy atom. The van der Waals surface area contributed by atoms with Gasteiger partial charge in [0, 0.05) is 19.2 Å². The van der Waals surface area contributed by atoms with E-state index in [0.717, 1.165) is 17.0 Å². The number of carbonyl (C=O) groups is 3. The van der Waals surface area contributed by atoms with Crippen molar-refractivity contribution < 1.29 is 29.0 Å². The van der Waals surface area contributed by atoms with Crippen molar-refractivity contribution in [2.45, 2.75) is 19.4 Å². The van der Waals surface area contributed by atoms with Crippen LogP contribution in [0.25, 0.3) is 0 Å². The van der Waals surface area contributed by atoms with Gasteiger partial charge in [0.05, 0.1) is 28.9 Å². The van der Waals surface area contributed by atoms with Gasteiger partial charge in [0.2, 0.25) is 5.91 Å². The van der Waals surface area contributed by atoms with E-state index in [1.165, 1.54) is 0 Å². The van der Waals surface area contributed by atoms with Crippen LogP contribution in [0.4, 0.5) is 11.4 Å². The van der Waals surface area contributed by atoms with Crippen LogP contribution in [0.5, 0.6) is 0 Å². The molecule has 12 heteroatoms. The summed E-state index contributed by atoms with van der Waals surface area (Å²) in [6.45, 7) is 1.80. The third-order valence-electron chi connectivity index (χ3n) is 3.88. The number of hydrogen-bond acceptors (Lipinski definition) is 8. The third kappa shape index (κ3) is 4.34. The van der Waals surface area contributed by atoms with Crippen LogP contribution in [0.2, 0.25) is 0 Å². The van der Waals surface area contributed by atoms with Crippen molar-refractivity contribution in [1.29, 1.82) is 0 Å². The molecule has 0 aromatic heterocycles. The Labute approximate surface area is 152 Å². The van der Waals surface area contributed by atoms with Crippen molar-refractivity contribution in [3.63, 3.8) is 0 Å². The molecule has 0 aliphatic carbocycles. The molecule has 0 spiro atoms. The molecular weight excluding hydrogens is 364 g/mol. The smallest absolute Gasteiger partial charge is 0.308 e. The van der Waals surface area contributed by atoms with Gasteiger partial charge in [0.1, 0.15) is 11.6 Å². The first-order chi connectivity index (χ1) is 12.8. The minimum atomic E-state index is -1.19. The van der Waals surface area contributed by atoms with E-state index in [4.69, 9.17) is 4.74 Å². The average Bonchev–Trinajstić information content (AvgIpc) is 2.62. The van der Waals surface area contributed by atoms with E-state index in [2.05, 4.69) is 5.32 Å². The number of esters is 1. The Bertz CT molecular complexity index is 809. The van der Waals surface area contributed by atoms with E-state index in [0.29, 0.717) is 6.07 Å². The molecule has 1 aliphatic rings. The second-order valence-corrected chi connectivity index (χ2v) is 5.53. The molecule has 1 atom stereocenters. The molecule has 12 nitrogen and oxygen atoms in total. The lowest BCUT2D eigenvalue weighted by molar-refractivity contribution is -0.394. The molecule has 1 saturated heterocycles. The summed E-state index contributed by atoms with van der Waals surface area (Å²) in [4.78, 5) is 58.0. The second kappa shape index (κ2) is 8.21. The zero-order chi connectivity index (χ0) is 20.1. The number of nitro groups is 2. The fourth-order valence-electron chi connectivity index (χ4n) is 2.66. The number of benzene rings is 1. The van der Waals surface area contributed by atoms with Crippen LogP contribution in [0.3, 0.4) is 0 Å². The molecule has 2 amide bonds. The Morgan fingerprint density at radius 3 is 2.59 bits per heavy atom. The molecule has 2 rings (SSSR count). The number of piperazine rings is 1. The van der Waals surface area contributed by atoms with E-state index in [1.54, 1.807) is 6.92 Å². The van der Waals surface area contributed by atoms with E-state index in [9.17, 15) is 34.6 Å². The SMILES string of the molecule is CCOC(=O)CC1C(=O)NCCN1C(=O)c1ccc([N+](=O)[O-])cc1[N+](=O)[O-]. The molecule has 0 radical (unpaired) electrons. The number of nitro benzene ring substituents is 2. The van der Waals surface area contributed by atoms with Crippen LogP contribution in [0.1, 0.15) is 23.7 Å². The molecule has 1 unspecified atom stereocenters. The Morgan fingerprint density at radius 1 is 1.30 bits per heavy atom. The summed E-state index contributed by atoms with van der Waals surface area (Å²) in [5.41, 5.74) is -1.71. The van der Waals surface area contributed by atoms with E-state index in [-0.39, 0.29) is 19.7 Å². The van der Waals surface area contributed by atoms with E-state index < -0.39 is 57.0 Å². The highest BCUT2D eigenvalue weighted by atomic mass is 16.6. The molecule has 1 aliphatic heterocycles. The second-order valence-electron chi connectivity index (χ2n) is 5.53. The Hall–Kier alpha value is -3.57. The van der Waals surface area contributed by atoms with E-state index >= 15 is 0 Å². The first-order valence-corrected chi connectivity index (χ1v) is 7.93. The standard InChI is InChI=1S/C15H16N4O8/c1-2-27-13(20)8-12-14(21)16-5-6-17(12)15(22)10-4-3-9(18(23)24)7-11(10)19(25)26/h3-4,7,12H,2,5-6,8H2,1H3,(H,16,21). The maximum absolute atomic E-state index is 12.8. The van der Waals surface area contributed by atoms with Gasteiger partial charge in [-0.2, -0.15) is 0 Å². The molecule has 1 fully saturated rings. The van der Waals surface area contributed by atoms with Gasteiger partial charge in [0.25, 0.3) is 17.3 Å². The first-order valence-electron chi connectivity index (χ1n) is 7.93. The normalized spacial score (nSPS) is 16.4. The van der Waals surface area contributed by atoms with Gasteiger partial charge < -0.3 is 15.0 Å². The van der Waals surface area contributed by atoms with Gasteiger partial charge in [-0.3, -0.25) is 34.6 Å². The number of ether oxygens (including phenoxy) is 1. The maximum Gasteiger partial charge on any atom is 0.308 e. The van der Waals surface area contributed by atoms with Gasteiger partial charge in [-0.05, 0) is 13.0 Å². The lowest BCUT2D eigenvalue weighted by Gasteiger charge is -2.34. The van der Waals surface area contributed by atoms with Crippen molar-refractivity contribution in [3.05, 3.63) is 44.0 Å². The summed E-state index contributed by atoms with van der Waals surface area (Å²) in [7, 11) is 0. The van der Waals surface area contributed by atoms with Gasteiger partial charge in [-0.15, -0.1) is 0 Å². The van der Waals surface area contributed by atoms with Crippen molar-refractivity contribution in [3.8, 4) is 0 Å². The van der Waals surface area contributed by atoms with Crippen LogP contribution in [-0.4, -0.2) is 58.3 Å². The minimum Gasteiger partial charge on any atom is -0.466 e. The summed E-state index contributed by atoms with van der Waals surface area (Å²) < 4.78 is 4.79. The number of amides is 2. The molecule has 0 bridgehead atoms. The summed E-state index contributed by atoms with van der Waals surface area (Å²) in [5.74, 6) is -2.16. The topological polar surface area (TPSA) is 162 Å². The van der Waals surface area contributed by atoms with Gasteiger partial charge in [-0.25, -0.2) is 0 Å². The highest BCUT2D eigenvalue weighted by Gasteiger charge is 2.38. The van der Waals surface area contributed by atoms with Gasteiger partial charge >= 0.3 is 5.97 Å². The predicted molar refractivity (Wildman–Crippen MR) is 88.8 cm³/mol. The Kier molecular flexibility index (Phi) is 6.00. The number of hydrogen-bond donors (Lipinski definition) is 1. The number of non-ortho nitro benzene ring substituents is 1. The molecule has 1 aromatic carbocycles. The summed E-state index contributed by atoms with van der Waals surface area (Å²) in [6.07, 6.45) is -0.411. The maximum atomic E-state index is 12.8. The fourth-order valence-corrected chi connectivity index (χ4v) is 2.66. The largest absolute Gasteiger partial charge is 0.466 e. The molecule has 0 saturated carbocycles. The van der Waals surface area contributed by atoms with Gasteiger partial charge in [-0.1, -0.05) is 0 Å². The fraction of sp³-hybridized carbons (Fsp3) is 0.400. The minimum absolute atomic E-state index is 0.0167. The number of carbonyl (C=O) groups excluding carboxylic acids is 3.